The third-order valence-electron chi connectivity index (χ3n) is 4.39. The predicted octanol–water partition coefficient (Wildman–Crippen LogP) is 3.79. The minimum Gasteiger partial charge on any atom is -0.477 e. The first-order valence-corrected chi connectivity index (χ1v) is 10.6. The molecule has 3 rings (SSSR count). The fraction of sp³-hybridized carbons (Fsp3) is 0.190. The Morgan fingerprint density at radius 3 is 2.75 bits per heavy atom. The van der Waals surface area contributed by atoms with E-state index in [0.717, 1.165) is 22.2 Å². The van der Waals surface area contributed by atoms with Gasteiger partial charge in [-0.25, -0.2) is 0 Å². The van der Waals surface area contributed by atoms with E-state index in [1.54, 1.807) is 43.3 Å². The Hall–Kier alpha value is -3.37. The van der Waals surface area contributed by atoms with Crippen LogP contribution in [0.15, 0.2) is 47.4 Å². The molecular formula is C21H18ClN3O6S. The van der Waals surface area contributed by atoms with Crippen molar-refractivity contribution < 1.29 is 24.0 Å². The third kappa shape index (κ3) is 5.65. The fourth-order valence-electron chi connectivity index (χ4n) is 2.82. The first-order valence-electron chi connectivity index (χ1n) is 9.40. The summed E-state index contributed by atoms with van der Waals surface area (Å²) in [6.45, 7) is 1.28. The number of hydrogen-bond acceptors (Lipinski definition) is 7. The minimum absolute atomic E-state index is 0.00944. The molecule has 9 nitrogen and oxygen atoms in total. The zero-order valence-corrected chi connectivity index (χ0v) is 18.4. The van der Waals surface area contributed by atoms with Crippen LogP contribution in [0.1, 0.15) is 11.1 Å². The second kappa shape index (κ2) is 10.3. The van der Waals surface area contributed by atoms with E-state index in [0.29, 0.717) is 10.6 Å². The number of thioether (sulfide) groups is 1. The lowest BCUT2D eigenvalue weighted by Crippen LogP contribution is -2.38. The molecule has 1 heterocycles. The van der Waals surface area contributed by atoms with Crippen molar-refractivity contribution in [3.8, 4) is 5.75 Å². The van der Waals surface area contributed by atoms with Crippen LogP contribution >= 0.6 is 23.4 Å². The second-order valence-electron chi connectivity index (χ2n) is 6.72. The molecule has 0 saturated carbocycles. The summed E-state index contributed by atoms with van der Waals surface area (Å²) in [5.74, 6) is -1.03. The molecule has 1 aliphatic heterocycles. The molecule has 1 aliphatic rings. The van der Waals surface area contributed by atoms with E-state index in [1.807, 2.05) is 0 Å². The number of nitro benzene ring substituents is 1. The molecule has 1 N–H and O–H groups in total. The van der Waals surface area contributed by atoms with Gasteiger partial charge in [0.1, 0.15) is 0 Å². The van der Waals surface area contributed by atoms with E-state index in [9.17, 15) is 24.5 Å². The number of hydrogen-bond donors (Lipinski definition) is 1. The monoisotopic (exact) mass is 475 g/mol. The van der Waals surface area contributed by atoms with Gasteiger partial charge in [0, 0.05) is 24.2 Å². The van der Waals surface area contributed by atoms with Crippen molar-refractivity contribution in [2.24, 2.45) is 0 Å². The Kier molecular flexibility index (Phi) is 7.49. The maximum absolute atomic E-state index is 12.5. The molecule has 166 valence electrons. The predicted molar refractivity (Wildman–Crippen MR) is 120 cm³/mol. The highest BCUT2D eigenvalue weighted by molar-refractivity contribution is 8.18. The van der Waals surface area contributed by atoms with Crippen molar-refractivity contribution >= 4 is 52.2 Å². The molecule has 0 spiro atoms. The standard InChI is InChI=1S/C21H18ClN3O6S/c1-13-6-7-16(25(29)30)17(10-13)31-12-19(26)23-8-9-24-20(27)18(32-21(24)28)11-14-4-2-3-5-15(14)22/h2-7,10-11H,8-9,12H2,1H3,(H,23,26)/b18-11-. The van der Waals surface area contributed by atoms with Gasteiger partial charge in [0.2, 0.25) is 0 Å². The van der Waals surface area contributed by atoms with Gasteiger partial charge < -0.3 is 10.1 Å². The molecule has 2 aromatic rings. The molecular weight excluding hydrogens is 458 g/mol. The maximum atomic E-state index is 12.5. The summed E-state index contributed by atoms with van der Waals surface area (Å²) in [4.78, 5) is 48.5. The smallest absolute Gasteiger partial charge is 0.310 e. The Bertz CT molecular complexity index is 1120. The summed E-state index contributed by atoms with van der Waals surface area (Å²) in [6.07, 6.45) is 1.55. The number of nitrogens with zero attached hydrogens (tertiary/aromatic N) is 2. The van der Waals surface area contributed by atoms with Crippen LogP contribution in [0, 0.1) is 17.0 Å². The largest absolute Gasteiger partial charge is 0.477 e. The summed E-state index contributed by atoms with van der Waals surface area (Å²) in [7, 11) is 0. The highest BCUT2D eigenvalue weighted by Gasteiger charge is 2.34. The van der Waals surface area contributed by atoms with Crippen LogP contribution in [0.25, 0.3) is 6.08 Å². The molecule has 11 heteroatoms. The number of aryl methyl sites for hydroxylation is 1. The van der Waals surface area contributed by atoms with Gasteiger partial charge >= 0.3 is 5.69 Å². The SMILES string of the molecule is Cc1ccc([N+](=O)[O-])c(OCC(=O)NCCN2C(=O)S/C(=C\c3ccccc3Cl)C2=O)c1. The van der Waals surface area contributed by atoms with Gasteiger partial charge in [-0.15, -0.1) is 0 Å². The molecule has 0 unspecified atom stereocenters. The highest BCUT2D eigenvalue weighted by atomic mass is 35.5. The van der Waals surface area contributed by atoms with E-state index >= 15 is 0 Å². The number of carbonyl (C=O) groups is 3. The molecule has 0 bridgehead atoms. The first kappa shape index (κ1) is 23.3. The Balaban J connectivity index is 1.52. The van der Waals surface area contributed by atoms with Gasteiger partial charge in [0.05, 0.1) is 9.83 Å². The Morgan fingerprint density at radius 2 is 2.03 bits per heavy atom. The van der Waals surface area contributed by atoms with Gasteiger partial charge in [0.15, 0.2) is 12.4 Å². The average Bonchev–Trinajstić information content (AvgIpc) is 3.01. The van der Waals surface area contributed by atoms with Crippen LogP contribution < -0.4 is 10.1 Å². The molecule has 0 atom stereocenters. The third-order valence-corrected chi connectivity index (χ3v) is 5.65. The summed E-state index contributed by atoms with van der Waals surface area (Å²) in [5.41, 5.74) is 1.12. The van der Waals surface area contributed by atoms with Crippen LogP contribution in [0.5, 0.6) is 5.75 Å². The first-order chi connectivity index (χ1) is 15.3. The molecule has 0 radical (unpaired) electrons. The van der Waals surface area contributed by atoms with Gasteiger partial charge in [-0.05, 0) is 48.0 Å². The number of rotatable bonds is 8. The van der Waals surface area contributed by atoms with Crippen LogP contribution in [0.4, 0.5) is 10.5 Å². The minimum atomic E-state index is -0.595. The van der Waals surface area contributed by atoms with Crippen LogP contribution in [0.3, 0.4) is 0 Å². The zero-order chi connectivity index (χ0) is 23.3. The lowest BCUT2D eigenvalue weighted by atomic mass is 10.2. The number of benzene rings is 2. The average molecular weight is 476 g/mol. The van der Waals surface area contributed by atoms with Crippen molar-refractivity contribution in [2.45, 2.75) is 6.92 Å². The van der Waals surface area contributed by atoms with Crippen LogP contribution in [-0.2, 0) is 9.59 Å². The number of imide groups is 1. The molecule has 3 amide bonds. The molecule has 1 saturated heterocycles. The van der Waals surface area contributed by atoms with Crippen molar-refractivity contribution in [3.63, 3.8) is 0 Å². The number of carbonyl (C=O) groups excluding carboxylic acids is 3. The Morgan fingerprint density at radius 1 is 1.28 bits per heavy atom. The molecule has 0 aliphatic carbocycles. The maximum Gasteiger partial charge on any atom is 0.310 e. The van der Waals surface area contributed by atoms with Crippen LogP contribution in [0.2, 0.25) is 5.02 Å². The van der Waals surface area contributed by atoms with Gasteiger partial charge in [-0.1, -0.05) is 35.9 Å². The summed E-state index contributed by atoms with van der Waals surface area (Å²) >= 11 is 6.89. The summed E-state index contributed by atoms with van der Waals surface area (Å²) < 4.78 is 5.27. The fourth-order valence-corrected chi connectivity index (χ4v) is 3.86. The summed E-state index contributed by atoms with van der Waals surface area (Å²) in [6, 6.07) is 11.3. The van der Waals surface area contributed by atoms with E-state index < -0.39 is 28.6 Å². The molecule has 0 aromatic heterocycles. The van der Waals surface area contributed by atoms with E-state index in [-0.39, 0.29) is 29.4 Å². The number of nitrogens with one attached hydrogen (secondary N) is 1. The van der Waals surface area contributed by atoms with Crippen molar-refractivity contribution in [3.05, 3.63) is 73.6 Å². The lowest BCUT2D eigenvalue weighted by molar-refractivity contribution is -0.385. The van der Waals surface area contributed by atoms with Crippen molar-refractivity contribution in [1.29, 1.82) is 0 Å². The van der Waals surface area contributed by atoms with E-state index in [2.05, 4.69) is 5.32 Å². The van der Waals surface area contributed by atoms with Crippen LogP contribution in [-0.4, -0.2) is 46.6 Å². The number of nitro groups is 1. The molecule has 2 aromatic carbocycles. The van der Waals surface area contributed by atoms with Crippen molar-refractivity contribution in [2.75, 3.05) is 19.7 Å². The van der Waals surface area contributed by atoms with Gasteiger partial charge in [-0.3, -0.25) is 29.4 Å². The molecule has 1 fully saturated rings. The highest BCUT2D eigenvalue weighted by Crippen LogP contribution is 2.33. The lowest BCUT2D eigenvalue weighted by Gasteiger charge is -2.13. The van der Waals surface area contributed by atoms with Crippen molar-refractivity contribution in [1.82, 2.24) is 10.2 Å². The quantitative estimate of drug-likeness (QED) is 0.350. The number of amides is 3. The van der Waals surface area contributed by atoms with Gasteiger partial charge in [-0.2, -0.15) is 0 Å². The second-order valence-corrected chi connectivity index (χ2v) is 8.12. The Labute approximate surface area is 192 Å². The number of ether oxygens (including phenoxy) is 1. The number of halogens is 1. The zero-order valence-electron chi connectivity index (χ0n) is 16.9. The molecule has 32 heavy (non-hydrogen) atoms. The normalized spacial score (nSPS) is 14.7. The summed E-state index contributed by atoms with van der Waals surface area (Å²) in [5, 5.41) is 13.6. The van der Waals surface area contributed by atoms with Gasteiger partial charge in [0.25, 0.3) is 17.1 Å². The van der Waals surface area contributed by atoms with E-state index in [4.69, 9.17) is 16.3 Å². The van der Waals surface area contributed by atoms with E-state index in [1.165, 1.54) is 12.1 Å². The topological polar surface area (TPSA) is 119 Å².